The first-order valence-electron chi connectivity index (χ1n) is 6.00. The molecule has 19 heavy (non-hydrogen) atoms. The van der Waals surface area contributed by atoms with Gasteiger partial charge in [0, 0.05) is 5.46 Å². The molecule has 0 spiro atoms. The van der Waals surface area contributed by atoms with Crippen LogP contribution in [0.15, 0.2) is 12.1 Å². The summed E-state index contributed by atoms with van der Waals surface area (Å²) in [4.78, 5) is 0. The van der Waals surface area contributed by atoms with E-state index in [1.165, 1.54) is 6.07 Å². The summed E-state index contributed by atoms with van der Waals surface area (Å²) in [5.74, 6) is -2.66. The maximum absolute atomic E-state index is 13.8. The average Bonchev–Trinajstić information content (AvgIpc) is 2.22. The second-order valence-electron chi connectivity index (χ2n) is 6.02. The third-order valence-corrected chi connectivity index (χ3v) is 7.87. The van der Waals surface area contributed by atoms with E-state index in [4.69, 9.17) is 14.5 Å². The summed E-state index contributed by atoms with van der Waals surface area (Å²) in [5, 5.41) is 17.6. The Morgan fingerprint density at radius 2 is 1.63 bits per heavy atom. The van der Waals surface area contributed by atoms with E-state index in [1.807, 2.05) is 33.9 Å². The van der Waals surface area contributed by atoms with Gasteiger partial charge in [0.1, 0.15) is 5.75 Å². The lowest BCUT2D eigenvalue weighted by molar-refractivity contribution is 0.412. The number of benzene rings is 1. The van der Waals surface area contributed by atoms with Gasteiger partial charge in [-0.25, -0.2) is 4.39 Å². The van der Waals surface area contributed by atoms with E-state index in [0.717, 1.165) is 6.07 Å². The first-order chi connectivity index (χ1) is 8.47. The van der Waals surface area contributed by atoms with Crippen molar-refractivity contribution in [1.29, 1.82) is 0 Å². The van der Waals surface area contributed by atoms with Gasteiger partial charge in [0.2, 0.25) is 0 Å². The van der Waals surface area contributed by atoms with Crippen LogP contribution in [0.4, 0.5) is 8.78 Å². The van der Waals surface area contributed by atoms with Gasteiger partial charge in [0.15, 0.2) is 11.6 Å². The minimum absolute atomic E-state index is 0.148. The fourth-order valence-corrected chi connectivity index (χ4v) is 2.27. The van der Waals surface area contributed by atoms with E-state index in [1.54, 1.807) is 0 Å². The topological polar surface area (TPSA) is 49.7 Å². The van der Waals surface area contributed by atoms with Crippen molar-refractivity contribution >= 4 is 20.9 Å². The zero-order valence-corrected chi connectivity index (χ0v) is 12.8. The lowest BCUT2D eigenvalue weighted by Gasteiger charge is -2.36. The number of hydrogen-bond donors (Lipinski definition) is 2. The summed E-state index contributed by atoms with van der Waals surface area (Å²) in [5.41, 5.74) is -0.500. The average molecular weight is 288 g/mol. The molecule has 1 aromatic rings. The molecule has 0 aliphatic carbocycles. The van der Waals surface area contributed by atoms with Gasteiger partial charge in [0.05, 0.1) is 0 Å². The van der Waals surface area contributed by atoms with Crippen LogP contribution in [0.1, 0.15) is 20.8 Å². The third kappa shape index (κ3) is 3.34. The van der Waals surface area contributed by atoms with E-state index in [0.29, 0.717) is 0 Å². The van der Waals surface area contributed by atoms with Crippen molar-refractivity contribution in [2.24, 2.45) is 0 Å². The van der Waals surface area contributed by atoms with Gasteiger partial charge in [-0.3, -0.25) is 0 Å². The monoisotopic (exact) mass is 288 g/mol. The molecule has 0 fully saturated rings. The molecule has 0 atom stereocenters. The number of halogens is 2. The molecule has 2 N–H and O–H groups in total. The van der Waals surface area contributed by atoms with E-state index in [9.17, 15) is 8.78 Å². The molecule has 0 saturated carbocycles. The molecule has 1 rings (SSSR count). The summed E-state index contributed by atoms with van der Waals surface area (Å²) in [6.45, 7) is 9.79. The van der Waals surface area contributed by atoms with E-state index >= 15 is 0 Å². The zero-order chi connectivity index (χ0) is 15.0. The van der Waals surface area contributed by atoms with Gasteiger partial charge in [-0.15, -0.1) is 0 Å². The first-order valence-corrected chi connectivity index (χ1v) is 8.91. The van der Waals surface area contributed by atoms with Crippen LogP contribution in [-0.4, -0.2) is 25.5 Å². The highest BCUT2D eigenvalue weighted by atomic mass is 28.4. The number of hydrogen-bond acceptors (Lipinski definition) is 3. The maximum Gasteiger partial charge on any atom is 0.491 e. The summed E-state index contributed by atoms with van der Waals surface area (Å²) in [6, 6.07) is 2.35. The Labute approximate surface area is 113 Å². The highest BCUT2D eigenvalue weighted by Gasteiger charge is 2.40. The zero-order valence-electron chi connectivity index (χ0n) is 11.8. The minimum Gasteiger partial charge on any atom is -0.541 e. The predicted molar refractivity (Wildman–Crippen MR) is 74.0 cm³/mol. The Bertz CT molecular complexity index is 473. The minimum atomic E-state index is -2.28. The molecule has 1 aromatic carbocycles. The van der Waals surface area contributed by atoms with Crippen molar-refractivity contribution in [2.75, 3.05) is 0 Å². The second-order valence-corrected chi connectivity index (χ2v) is 10.7. The molecule has 0 saturated heterocycles. The second kappa shape index (κ2) is 5.22. The van der Waals surface area contributed by atoms with Crippen LogP contribution >= 0.6 is 0 Å². The molecule has 0 aliphatic rings. The van der Waals surface area contributed by atoms with Crippen molar-refractivity contribution in [1.82, 2.24) is 0 Å². The molecule has 0 radical (unpaired) electrons. The normalized spacial score (nSPS) is 12.5. The van der Waals surface area contributed by atoms with Crippen molar-refractivity contribution in [3.8, 4) is 5.75 Å². The van der Waals surface area contributed by atoms with E-state index in [-0.39, 0.29) is 10.8 Å². The molecule has 0 bridgehead atoms. The van der Waals surface area contributed by atoms with Crippen molar-refractivity contribution in [3.05, 3.63) is 23.8 Å². The van der Waals surface area contributed by atoms with Gasteiger partial charge in [-0.2, -0.15) is 4.39 Å². The molecular formula is C12H19BF2O3Si. The molecule has 0 aromatic heterocycles. The lowest BCUT2D eigenvalue weighted by atomic mass is 9.80. The van der Waals surface area contributed by atoms with Crippen LogP contribution < -0.4 is 9.89 Å². The molecule has 0 aliphatic heterocycles. The van der Waals surface area contributed by atoms with Crippen LogP contribution in [0.2, 0.25) is 18.1 Å². The smallest absolute Gasteiger partial charge is 0.491 e. The highest BCUT2D eigenvalue weighted by molar-refractivity contribution is 6.74. The Hall–Kier alpha value is -0.918. The molecule has 7 heteroatoms. The van der Waals surface area contributed by atoms with Gasteiger partial charge in [0.25, 0.3) is 8.32 Å². The van der Waals surface area contributed by atoms with Gasteiger partial charge in [-0.1, -0.05) is 26.8 Å². The summed E-state index contributed by atoms with van der Waals surface area (Å²) in [7, 11) is -4.32. The van der Waals surface area contributed by atoms with Crippen LogP contribution in [0.25, 0.3) is 0 Å². The summed E-state index contributed by atoms with van der Waals surface area (Å²) < 4.78 is 33.1. The number of rotatable bonds is 3. The van der Waals surface area contributed by atoms with Crippen LogP contribution in [-0.2, 0) is 0 Å². The largest absolute Gasteiger partial charge is 0.541 e. The van der Waals surface area contributed by atoms with Crippen molar-refractivity contribution in [3.63, 3.8) is 0 Å². The summed E-state index contributed by atoms with van der Waals surface area (Å²) >= 11 is 0. The third-order valence-electron chi connectivity index (χ3n) is 3.53. The van der Waals surface area contributed by atoms with Gasteiger partial charge < -0.3 is 14.5 Å². The molecule has 0 heterocycles. The van der Waals surface area contributed by atoms with E-state index in [2.05, 4.69) is 0 Å². The lowest BCUT2D eigenvalue weighted by Crippen LogP contribution is -2.44. The molecule has 106 valence electrons. The van der Waals surface area contributed by atoms with Crippen LogP contribution in [0.3, 0.4) is 0 Å². The SMILES string of the molecule is CC(C)(C)[Si](C)(C)Oc1ccc(B(O)O)c(F)c1F. The molecule has 0 unspecified atom stereocenters. The fourth-order valence-electron chi connectivity index (χ4n) is 1.25. The predicted octanol–water partition coefficient (Wildman–Crippen LogP) is 2.03. The van der Waals surface area contributed by atoms with Crippen LogP contribution in [0.5, 0.6) is 5.75 Å². The Morgan fingerprint density at radius 1 is 1.11 bits per heavy atom. The van der Waals surface area contributed by atoms with Gasteiger partial charge >= 0.3 is 7.12 Å². The van der Waals surface area contributed by atoms with E-state index < -0.39 is 32.5 Å². The maximum atomic E-state index is 13.8. The molecule has 0 amide bonds. The Kier molecular flexibility index (Phi) is 4.44. The van der Waals surface area contributed by atoms with Crippen molar-refractivity contribution in [2.45, 2.75) is 38.9 Å². The standard InChI is InChI=1S/C12H19BF2O3Si/c1-12(2,3)19(4,5)18-9-7-6-8(13(16)17)10(14)11(9)15/h6-7,16-17H,1-5H3. The summed E-state index contributed by atoms with van der Waals surface area (Å²) in [6.07, 6.45) is 0. The quantitative estimate of drug-likeness (QED) is 0.837. The fraction of sp³-hybridized carbons (Fsp3) is 0.500. The Balaban J connectivity index is 3.15. The van der Waals surface area contributed by atoms with Crippen molar-refractivity contribution < 1.29 is 23.3 Å². The molecule has 3 nitrogen and oxygen atoms in total. The Morgan fingerprint density at radius 3 is 2.05 bits per heavy atom. The first kappa shape index (κ1) is 16.1. The highest BCUT2D eigenvalue weighted by Crippen LogP contribution is 2.38. The molecular weight excluding hydrogens is 269 g/mol. The van der Waals surface area contributed by atoms with Crippen LogP contribution in [0, 0.1) is 11.6 Å². The van der Waals surface area contributed by atoms with Gasteiger partial charge in [-0.05, 0) is 24.2 Å².